The number of hydrogen-bond acceptors (Lipinski definition) is 9. The third-order valence-corrected chi connectivity index (χ3v) is 7.08. The second kappa shape index (κ2) is 8.99. The summed E-state index contributed by atoms with van der Waals surface area (Å²) in [6.07, 6.45) is -0.779. The van der Waals surface area contributed by atoms with E-state index < -0.39 is 35.5 Å². The van der Waals surface area contributed by atoms with E-state index in [1.54, 1.807) is 24.3 Å². The smallest absolute Gasteiger partial charge is 0.313 e. The molecular formula is C24H25BrO9. The average Bonchev–Trinajstić information content (AvgIpc) is 3.38. The average molecular weight is 537 g/mol. The van der Waals surface area contributed by atoms with Crippen LogP contribution in [-0.2, 0) is 29.4 Å². The molecule has 1 saturated heterocycles. The molecule has 2 aromatic rings. The van der Waals surface area contributed by atoms with E-state index >= 15 is 0 Å². The minimum Gasteiger partial charge on any atom is -0.493 e. The zero-order valence-electron chi connectivity index (χ0n) is 19.6. The van der Waals surface area contributed by atoms with Gasteiger partial charge in [-0.2, -0.15) is 0 Å². The van der Waals surface area contributed by atoms with Crippen LogP contribution in [0.2, 0.25) is 0 Å². The topological polar surface area (TPSA) is 98.8 Å². The van der Waals surface area contributed by atoms with E-state index in [1.807, 2.05) is 0 Å². The summed E-state index contributed by atoms with van der Waals surface area (Å²) in [5.74, 6) is -1.36. The maximum absolute atomic E-state index is 13.2. The number of carbonyl (C=O) groups excluding carboxylic acids is 2. The summed E-state index contributed by atoms with van der Waals surface area (Å²) in [6, 6.07) is 7.03. The SMILES string of the molecule is COC(=O)C1C(C(=O)OC)[C@@]2(c3cc(Br)c(OC)c(OC)c3)O[C@@H]1c1cc(OC)c(OC)cc12. The quantitative estimate of drug-likeness (QED) is 0.493. The van der Waals surface area contributed by atoms with Crippen LogP contribution in [-0.4, -0.2) is 54.6 Å². The molecular weight excluding hydrogens is 512 g/mol. The van der Waals surface area contributed by atoms with Crippen molar-refractivity contribution in [2.45, 2.75) is 11.7 Å². The molecule has 182 valence electrons. The van der Waals surface area contributed by atoms with Gasteiger partial charge < -0.3 is 33.2 Å². The van der Waals surface area contributed by atoms with Crippen LogP contribution in [0.1, 0.15) is 22.8 Å². The first-order chi connectivity index (χ1) is 16.3. The van der Waals surface area contributed by atoms with Crippen molar-refractivity contribution >= 4 is 27.9 Å². The van der Waals surface area contributed by atoms with Crippen LogP contribution in [0.4, 0.5) is 0 Å². The van der Waals surface area contributed by atoms with Crippen molar-refractivity contribution in [1.29, 1.82) is 0 Å². The summed E-state index contributed by atoms with van der Waals surface area (Å²) in [5, 5.41) is 0. The van der Waals surface area contributed by atoms with Gasteiger partial charge in [0.15, 0.2) is 23.0 Å². The van der Waals surface area contributed by atoms with Gasteiger partial charge in [0.25, 0.3) is 0 Å². The van der Waals surface area contributed by atoms with Crippen molar-refractivity contribution in [1.82, 2.24) is 0 Å². The van der Waals surface area contributed by atoms with Gasteiger partial charge in [0.2, 0.25) is 0 Å². The van der Waals surface area contributed by atoms with Crippen molar-refractivity contribution < 1.29 is 42.7 Å². The van der Waals surface area contributed by atoms with Crippen LogP contribution in [0.15, 0.2) is 28.7 Å². The van der Waals surface area contributed by atoms with Gasteiger partial charge in [-0.1, -0.05) is 0 Å². The summed E-state index contributed by atoms with van der Waals surface area (Å²) in [6.45, 7) is 0. The molecule has 0 aromatic heterocycles. The Labute approximate surface area is 205 Å². The van der Waals surface area contributed by atoms with Gasteiger partial charge in [0, 0.05) is 0 Å². The van der Waals surface area contributed by atoms with E-state index in [2.05, 4.69) is 15.9 Å². The normalized spacial score (nSPS) is 24.3. The lowest BCUT2D eigenvalue weighted by molar-refractivity contribution is -0.158. The number of benzene rings is 2. The number of halogens is 1. The van der Waals surface area contributed by atoms with Gasteiger partial charge in [-0.05, 0) is 56.9 Å². The minimum atomic E-state index is -1.40. The third kappa shape index (κ3) is 3.23. The van der Waals surface area contributed by atoms with Crippen LogP contribution < -0.4 is 18.9 Å². The molecule has 0 amide bonds. The second-order valence-electron chi connectivity index (χ2n) is 7.81. The van der Waals surface area contributed by atoms with E-state index in [0.29, 0.717) is 44.2 Å². The molecule has 2 aliphatic heterocycles. The van der Waals surface area contributed by atoms with Gasteiger partial charge in [-0.3, -0.25) is 9.59 Å². The molecule has 4 rings (SSSR count). The standard InChI is InChI=1S/C24H25BrO9/c1-28-15-9-12-13(10-16(15)29-2)24(11-7-14(25)21(31-4)17(8-11)30-3)19(23(27)33-6)18(20(12)34-24)22(26)32-5/h7-10,18-20H,1-6H3/t18?,19?,20-,24+/m1/s1. The molecule has 2 bridgehead atoms. The molecule has 2 heterocycles. The fraction of sp³-hybridized carbons (Fsp3) is 0.417. The Balaban J connectivity index is 2.09. The summed E-state index contributed by atoms with van der Waals surface area (Å²) < 4.78 is 39.4. The van der Waals surface area contributed by atoms with Crippen LogP contribution >= 0.6 is 15.9 Å². The number of ether oxygens (including phenoxy) is 7. The van der Waals surface area contributed by atoms with Crippen molar-refractivity contribution in [2.24, 2.45) is 11.8 Å². The van der Waals surface area contributed by atoms with E-state index in [-0.39, 0.29) is 0 Å². The molecule has 0 spiro atoms. The Morgan fingerprint density at radius 1 is 0.824 bits per heavy atom. The molecule has 0 N–H and O–H groups in total. The highest BCUT2D eigenvalue weighted by atomic mass is 79.9. The lowest BCUT2D eigenvalue weighted by Crippen LogP contribution is -2.45. The second-order valence-corrected chi connectivity index (χ2v) is 8.67. The van der Waals surface area contributed by atoms with Gasteiger partial charge in [-0.15, -0.1) is 0 Å². The Kier molecular flexibility index (Phi) is 6.39. The van der Waals surface area contributed by atoms with Gasteiger partial charge in [0.05, 0.1) is 53.2 Å². The molecule has 34 heavy (non-hydrogen) atoms. The van der Waals surface area contributed by atoms with Crippen LogP contribution in [0, 0.1) is 11.8 Å². The van der Waals surface area contributed by atoms with E-state index in [1.165, 1.54) is 42.7 Å². The van der Waals surface area contributed by atoms with Crippen molar-refractivity contribution in [3.05, 3.63) is 45.4 Å². The zero-order valence-corrected chi connectivity index (χ0v) is 21.2. The molecule has 9 nitrogen and oxygen atoms in total. The molecule has 2 aromatic carbocycles. The minimum absolute atomic E-state index is 0.417. The van der Waals surface area contributed by atoms with Gasteiger partial charge in [-0.25, -0.2) is 0 Å². The predicted octanol–water partition coefficient (Wildman–Crippen LogP) is 3.39. The monoisotopic (exact) mass is 536 g/mol. The lowest BCUT2D eigenvalue weighted by Gasteiger charge is -2.36. The summed E-state index contributed by atoms with van der Waals surface area (Å²) in [7, 11) is 8.63. The number of hydrogen-bond donors (Lipinski definition) is 0. The Hall–Kier alpha value is -2.98. The Bertz CT molecular complexity index is 1150. The molecule has 4 atom stereocenters. The highest BCUT2D eigenvalue weighted by molar-refractivity contribution is 9.10. The number of carbonyl (C=O) groups is 2. The molecule has 2 aliphatic rings. The first-order valence-corrected chi connectivity index (χ1v) is 11.1. The first kappa shape index (κ1) is 24.2. The fourth-order valence-electron chi connectivity index (χ4n) is 5.08. The zero-order chi connectivity index (χ0) is 24.8. The van der Waals surface area contributed by atoms with Crippen molar-refractivity contribution in [2.75, 3.05) is 42.7 Å². The Morgan fingerprint density at radius 2 is 1.44 bits per heavy atom. The summed E-state index contributed by atoms with van der Waals surface area (Å²) >= 11 is 3.52. The van der Waals surface area contributed by atoms with Gasteiger partial charge >= 0.3 is 11.9 Å². The summed E-state index contributed by atoms with van der Waals surface area (Å²) in [5.41, 5.74) is 0.520. The predicted molar refractivity (Wildman–Crippen MR) is 122 cm³/mol. The highest BCUT2D eigenvalue weighted by Crippen LogP contribution is 2.66. The first-order valence-electron chi connectivity index (χ1n) is 10.3. The summed E-state index contributed by atoms with van der Waals surface area (Å²) in [4.78, 5) is 26.2. The molecule has 0 radical (unpaired) electrons. The van der Waals surface area contributed by atoms with Crippen molar-refractivity contribution in [3.63, 3.8) is 0 Å². The maximum Gasteiger partial charge on any atom is 0.313 e. The van der Waals surface area contributed by atoms with Gasteiger partial charge in [0.1, 0.15) is 17.4 Å². The van der Waals surface area contributed by atoms with E-state index in [0.717, 1.165) is 0 Å². The molecule has 0 saturated carbocycles. The van der Waals surface area contributed by atoms with Crippen molar-refractivity contribution in [3.8, 4) is 23.0 Å². The number of fused-ring (bicyclic) bond motifs is 5. The third-order valence-electron chi connectivity index (χ3n) is 6.49. The molecule has 1 fully saturated rings. The Morgan fingerprint density at radius 3 is 2.00 bits per heavy atom. The highest BCUT2D eigenvalue weighted by Gasteiger charge is 2.69. The fourth-order valence-corrected chi connectivity index (χ4v) is 5.69. The number of rotatable bonds is 7. The van der Waals surface area contributed by atoms with Crippen LogP contribution in [0.25, 0.3) is 0 Å². The molecule has 0 aliphatic carbocycles. The maximum atomic E-state index is 13.2. The molecule has 10 heteroatoms. The largest absolute Gasteiger partial charge is 0.493 e. The molecule has 2 unspecified atom stereocenters. The number of esters is 2. The van der Waals surface area contributed by atoms with Crippen LogP contribution in [0.3, 0.4) is 0 Å². The number of methoxy groups -OCH3 is 6. The van der Waals surface area contributed by atoms with Crippen LogP contribution in [0.5, 0.6) is 23.0 Å². The van der Waals surface area contributed by atoms with E-state index in [4.69, 9.17) is 33.2 Å². The lowest BCUT2D eigenvalue weighted by atomic mass is 9.65. The van der Waals surface area contributed by atoms with E-state index in [9.17, 15) is 9.59 Å².